The van der Waals surface area contributed by atoms with Crippen LogP contribution in [0.5, 0.6) is 0 Å². The molecular formula is C15H21N3OS. The summed E-state index contributed by atoms with van der Waals surface area (Å²) in [5, 5.41) is 4.83. The SMILES string of the molecule is CNC(=O)C1(C)CCN(Cc2cc(C#CCN)cs2)C1. The number of thiophene rings is 1. The number of nitrogens with two attached hydrogens (primary N) is 1. The van der Waals surface area contributed by atoms with Gasteiger partial charge in [0.1, 0.15) is 0 Å². The monoisotopic (exact) mass is 291 g/mol. The maximum atomic E-state index is 11.9. The third kappa shape index (κ3) is 3.40. The van der Waals surface area contributed by atoms with Crippen LogP contribution in [0, 0.1) is 17.3 Å². The molecule has 1 saturated heterocycles. The van der Waals surface area contributed by atoms with Gasteiger partial charge in [-0.05, 0) is 26.0 Å². The summed E-state index contributed by atoms with van der Waals surface area (Å²) in [5.41, 5.74) is 6.15. The van der Waals surface area contributed by atoms with Crippen molar-refractivity contribution in [3.63, 3.8) is 0 Å². The number of likely N-dealkylation sites (tertiary alicyclic amines) is 1. The minimum atomic E-state index is -0.256. The summed E-state index contributed by atoms with van der Waals surface area (Å²) < 4.78 is 0. The molecule has 1 aliphatic rings. The number of nitrogens with zero attached hydrogens (tertiary/aromatic N) is 1. The highest BCUT2D eigenvalue weighted by atomic mass is 32.1. The molecule has 1 aromatic heterocycles. The lowest BCUT2D eigenvalue weighted by atomic mass is 9.89. The van der Waals surface area contributed by atoms with Crippen LogP contribution in [0.4, 0.5) is 0 Å². The zero-order valence-corrected chi connectivity index (χ0v) is 12.8. The third-order valence-corrected chi connectivity index (χ3v) is 4.62. The van der Waals surface area contributed by atoms with Crippen LogP contribution in [-0.4, -0.2) is 37.5 Å². The molecule has 1 amide bonds. The molecule has 5 heteroatoms. The van der Waals surface area contributed by atoms with Gasteiger partial charge < -0.3 is 11.1 Å². The van der Waals surface area contributed by atoms with Gasteiger partial charge in [-0.15, -0.1) is 11.3 Å². The predicted octanol–water partition coefficient (Wildman–Crippen LogP) is 1.02. The summed E-state index contributed by atoms with van der Waals surface area (Å²) in [4.78, 5) is 15.5. The molecule has 1 unspecified atom stereocenters. The Hall–Kier alpha value is -1.35. The molecule has 3 N–H and O–H groups in total. The predicted molar refractivity (Wildman–Crippen MR) is 82.3 cm³/mol. The minimum Gasteiger partial charge on any atom is -0.359 e. The fourth-order valence-electron chi connectivity index (χ4n) is 2.58. The van der Waals surface area contributed by atoms with Crippen LogP contribution in [0.3, 0.4) is 0 Å². The van der Waals surface area contributed by atoms with Crippen LogP contribution in [0.1, 0.15) is 23.8 Å². The van der Waals surface area contributed by atoms with Crippen molar-refractivity contribution >= 4 is 17.2 Å². The molecule has 0 spiro atoms. The van der Waals surface area contributed by atoms with Gasteiger partial charge in [-0.1, -0.05) is 11.8 Å². The molecule has 2 rings (SSSR count). The maximum absolute atomic E-state index is 11.9. The first-order valence-corrected chi connectivity index (χ1v) is 7.66. The number of nitrogens with one attached hydrogen (secondary N) is 1. The van der Waals surface area contributed by atoms with Gasteiger partial charge in [-0.2, -0.15) is 0 Å². The number of amides is 1. The van der Waals surface area contributed by atoms with Crippen molar-refractivity contribution < 1.29 is 4.79 Å². The Balaban J connectivity index is 1.95. The molecular weight excluding hydrogens is 270 g/mol. The van der Waals surface area contributed by atoms with Gasteiger partial charge in [0, 0.05) is 36.0 Å². The van der Waals surface area contributed by atoms with E-state index in [2.05, 4.69) is 33.5 Å². The molecule has 0 saturated carbocycles. The Morgan fingerprint density at radius 3 is 3.15 bits per heavy atom. The molecule has 1 aliphatic heterocycles. The van der Waals surface area contributed by atoms with E-state index in [-0.39, 0.29) is 11.3 Å². The Kier molecular flexibility index (Phi) is 4.81. The van der Waals surface area contributed by atoms with Crippen LogP contribution in [0.15, 0.2) is 11.4 Å². The first-order chi connectivity index (χ1) is 9.57. The standard InChI is InChI=1S/C15H21N3OS/c1-15(14(19)17-2)5-7-18(11-15)9-13-8-12(10-20-13)4-3-6-16/h8,10H,5-7,9,11,16H2,1-2H3,(H,17,19). The summed E-state index contributed by atoms with van der Waals surface area (Å²) in [6, 6.07) is 2.11. The van der Waals surface area contributed by atoms with Crippen molar-refractivity contribution in [1.82, 2.24) is 10.2 Å². The van der Waals surface area contributed by atoms with Crippen molar-refractivity contribution in [2.75, 3.05) is 26.7 Å². The van der Waals surface area contributed by atoms with Gasteiger partial charge in [0.15, 0.2) is 0 Å². The highest BCUT2D eigenvalue weighted by molar-refractivity contribution is 7.10. The number of carbonyl (C=O) groups is 1. The Morgan fingerprint density at radius 2 is 2.45 bits per heavy atom. The van der Waals surface area contributed by atoms with Gasteiger partial charge >= 0.3 is 0 Å². The fraction of sp³-hybridized carbons (Fsp3) is 0.533. The van der Waals surface area contributed by atoms with Crippen molar-refractivity contribution in [3.8, 4) is 11.8 Å². The van der Waals surface area contributed by atoms with Gasteiger partial charge in [-0.25, -0.2) is 0 Å². The van der Waals surface area contributed by atoms with E-state index in [1.807, 2.05) is 6.92 Å². The van der Waals surface area contributed by atoms with E-state index in [0.29, 0.717) is 6.54 Å². The molecule has 4 nitrogen and oxygen atoms in total. The molecule has 0 aliphatic carbocycles. The van der Waals surface area contributed by atoms with Crippen LogP contribution in [-0.2, 0) is 11.3 Å². The summed E-state index contributed by atoms with van der Waals surface area (Å²) in [6.07, 6.45) is 0.915. The average molecular weight is 291 g/mol. The van der Waals surface area contributed by atoms with Gasteiger partial charge in [0.05, 0.1) is 12.0 Å². The molecule has 0 radical (unpaired) electrons. The highest BCUT2D eigenvalue weighted by Gasteiger charge is 2.39. The van der Waals surface area contributed by atoms with Gasteiger partial charge in [-0.3, -0.25) is 9.69 Å². The zero-order valence-electron chi connectivity index (χ0n) is 12.0. The van der Waals surface area contributed by atoms with E-state index < -0.39 is 0 Å². The molecule has 2 heterocycles. The lowest BCUT2D eigenvalue weighted by Crippen LogP contribution is -2.39. The topological polar surface area (TPSA) is 58.4 Å². The molecule has 20 heavy (non-hydrogen) atoms. The first kappa shape index (κ1) is 15.0. The van der Waals surface area contributed by atoms with E-state index >= 15 is 0 Å². The van der Waals surface area contributed by atoms with Crippen molar-refractivity contribution in [1.29, 1.82) is 0 Å². The average Bonchev–Trinajstić information content (AvgIpc) is 3.04. The number of rotatable bonds is 3. The molecule has 0 aromatic carbocycles. The summed E-state index contributed by atoms with van der Waals surface area (Å²) >= 11 is 1.72. The van der Waals surface area contributed by atoms with Crippen LogP contribution < -0.4 is 11.1 Å². The highest BCUT2D eigenvalue weighted by Crippen LogP contribution is 2.31. The second-order valence-corrected chi connectivity index (χ2v) is 6.40. The lowest BCUT2D eigenvalue weighted by Gasteiger charge is -2.22. The summed E-state index contributed by atoms with van der Waals surface area (Å²) in [6.45, 7) is 5.10. The number of hydrogen-bond acceptors (Lipinski definition) is 4. The third-order valence-electron chi connectivity index (χ3n) is 3.70. The van der Waals surface area contributed by atoms with E-state index in [1.165, 1.54) is 4.88 Å². The second kappa shape index (κ2) is 6.40. The minimum absolute atomic E-state index is 0.140. The normalized spacial score (nSPS) is 22.4. The largest absolute Gasteiger partial charge is 0.359 e. The van der Waals surface area contributed by atoms with E-state index in [1.54, 1.807) is 18.4 Å². The molecule has 108 valence electrons. The van der Waals surface area contributed by atoms with E-state index in [9.17, 15) is 4.79 Å². The Morgan fingerprint density at radius 1 is 1.65 bits per heavy atom. The van der Waals surface area contributed by atoms with Crippen LogP contribution >= 0.6 is 11.3 Å². The summed E-state index contributed by atoms with van der Waals surface area (Å²) in [5.74, 6) is 6.05. The fourth-order valence-corrected chi connectivity index (χ4v) is 3.44. The first-order valence-electron chi connectivity index (χ1n) is 6.78. The van der Waals surface area contributed by atoms with Crippen molar-refractivity contribution in [2.24, 2.45) is 11.1 Å². The summed E-state index contributed by atoms with van der Waals surface area (Å²) in [7, 11) is 1.71. The molecule has 0 bridgehead atoms. The smallest absolute Gasteiger partial charge is 0.227 e. The van der Waals surface area contributed by atoms with Gasteiger partial charge in [0.2, 0.25) is 5.91 Å². The van der Waals surface area contributed by atoms with Gasteiger partial charge in [0.25, 0.3) is 0 Å². The van der Waals surface area contributed by atoms with Crippen molar-refractivity contribution in [3.05, 3.63) is 21.9 Å². The molecule has 1 fully saturated rings. The quantitative estimate of drug-likeness (QED) is 0.817. The Bertz CT molecular complexity index is 543. The maximum Gasteiger partial charge on any atom is 0.227 e. The molecule has 1 atom stereocenters. The number of hydrogen-bond donors (Lipinski definition) is 2. The van der Waals surface area contributed by atoms with Crippen molar-refractivity contribution in [2.45, 2.75) is 19.9 Å². The van der Waals surface area contributed by atoms with E-state index in [0.717, 1.165) is 31.6 Å². The second-order valence-electron chi connectivity index (χ2n) is 5.41. The Labute approximate surface area is 124 Å². The lowest BCUT2D eigenvalue weighted by molar-refractivity contribution is -0.129. The zero-order chi connectivity index (χ0) is 14.6. The number of carbonyl (C=O) groups excluding carboxylic acids is 1. The van der Waals surface area contributed by atoms with E-state index in [4.69, 9.17) is 5.73 Å². The van der Waals surface area contributed by atoms with Crippen LogP contribution in [0.25, 0.3) is 0 Å². The van der Waals surface area contributed by atoms with Crippen LogP contribution in [0.2, 0.25) is 0 Å². The molecule has 1 aromatic rings.